The molecule has 1 aromatic heterocycles. The molecule has 0 atom stereocenters. The highest BCUT2D eigenvalue weighted by atomic mass is 35.5. The minimum atomic E-state index is -3.65. The van der Waals surface area contributed by atoms with Crippen LogP contribution in [0.4, 0.5) is 5.82 Å². The number of sulfonamides is 1. The summed E-state index contributed by atoms with van der Waals surface area (Å²) in [5.74, 6) is 0.593. The molecule has 0 bridgehead atoms. The summed E-state index contributed by atoms with van der Waals surface area (Å²) in [6.45, 7) is 0.484. The van der Waals surface area contributed by atoms with Gasteiger partial charge in [-0.2, -0.15) is 0 Å². The number of hydrogen-bond acceptors (Lipinski definition) is 5. The molecule has 0 spiro atoms. The van der Waals surface area contributed by atoms with Crippen LogP contribution in [-0.4, -0.2) is 18.4 Å². The van der Waals surface area contributed by atoms with Gasteiger partial charge in [0.1, 0.15) is 17.3 Å². The summed E-state index contributed by atoms with van der Waals surface area (Å²) in [6, 6.07) is 7.87. The molecule has 0 radical (unpaired) electrons. The van der Waals surface area contributed by atoms with Crippen molar-refractivity contribution >= 4 is 27.4 Å². The van der Waals surface area contributed by atoms with Crippen LogP contribution in [0.1, 0.15) is 5.56 Å². The maximum atomic E-state index is 11.1. The standard InChI is InChI=1S/C11H11ClN4O2S/c12-10-5-11(16-7-15-10)14-6-8-1-3-9(4-2-8)19(13,17)18/h1-5,7H,6H2,(H2,13,17,18)(H,14,15,16). The minimum absolute atomic E-state index is 0.0846. The minimum Gasteiger partial charge on any atom is -0.366 e. The van der Waals surface area contributed by atoms with Gasteiger partial charge < -0.3 is 5.32 Å². The predicted molar refractivity (Wildman–Crippen MR) is 72.2 cm³/mol. The van der Waals surface area contributed by atoms with E-state index < -0.39 is 10.0 Å². The van der Waals surface area contributed by atoms with Crippen LogP contribution in [0.15, 0.2) is 41.6 Å². The maximum Gasteiger partial charge on any atom is 0.238 e. The van der Waals surface area contributed by atoms with Crippen molar-refractivity contribution in [3.05, 3.63) is 47.4 Å². The third kappa shape index (κ3) is 3.88. The van der Waals surface area contributed by atoms with Crippen molar-refractivity contribution in [3.63, 3.8) is 0 Å². The Hall–Kier alpha value is -1.70. The lowest BCUT2D eigenvalue weighted by molar-refractivity contribution is 0.598. The van der Waals surface area contributed by atoms with Gasteiger partial charge in [0.15, 0.2) is 0 Å². The molecule has 8 heteroatoms. The van der Waals surface area contributed by atoms with Crippen LogP contribution < -0.4 is 10.5 Å². The van der Waals surface area contributed by atoms with E-state index in [-0.39, 0.29) is 4.90 Å². The molecule has 1 aromatic carbocycles. The molecule has 0 unspecified atom stereocenters. The molecule has 100 valence electrons. The lowest BCUT2D eigenvalue weighted by Gasteiger charge is -2.06. The summed E-state index contributed by atoms with van der Waals surface area (Å²) < 4.78 is 22.2. The molecule has 6 nitrogen and oxygen atoms in total. The summed E-state index contributed by atoms with van der Waals surface area (Å²) >= 11 is 5.73. The molecular formula is C11H11ClN4O2S. The molecule has 0 saturated carbocycles. The van der Waals surface area contributed by atoms with Gasteiger partial charge in [-0.1, -0.05) is 23.7 Å². The van der Waals surface area contributed by atoms with Crippen LogP contribution in [0.5, 0.6) is 0 Å². The molecule has 0 saturated heterocycles. The number of benzene rings is 1. The average molecular weight is 299 g/mol. The van der Waals surface area contributed by atoms with Gasteiger partial charge in [0.2, 0.25) is 10.0 Å². The van der Waals surface area contributed by atoms with E-state index in [1.165, 1.54) is 18.5 Å². The van der Waals surface area contributed by atoms with Gasteiger partial charge in [0, 0.05) is 12.6 Å². The van der Waals surface area contributed by atoms with Crippen LogP contribution in [0, 0.1) is 0 Å². The van der Waals surface area contributed by atoms with Gasteiger partial charge in [-0.15, -0.1) is 0 Å². The summed E-state index contributed by atoms with van der Waals surface area (Å²) in [7, 11) is -3.65. The number of anilines is 1. The topological polar surface area (TPSA) is 98.0 Å². The van der Waals surface area contributed by atoms with Gasteiger partial charge in [-0.05, 0) is 17.7 Å². The van der Waals surface area contributed by atoms with Crippen molar-refractivity contribution in [2.24, 2.45) is 5.14 Å². The third-order valence-corrected chi connectivity index (χ3v) is 3.50. The molecule has 2 aromatic rings. The van der Waals surface area contributed by atoms with E-state index in [9.17, 15) is 8.42 Å². The number of nitrogens with zero attached hydrogens (tertiary/aromatic N) is 2. The van der Waals surface area contributed by atoms with Crippen molar-refractivity contribution in [2.45, 2.75) is 11.4 Å². The number of primary sulfonamides is 1. The van der Waals surface area contributed by atoms with Gasteiger partial charge >= 0.3 is 0 Å². The molecule has 1 heterocycles. The second-order valence-corrected chi connectivity index (χ2v) is 5.72. The highest BCUT2D eigenvalue weighted by Gasteiger charge is 2.06. The Balaban J connectivity index is 2.05. The van der Waals surface area contributed by atoms with Crippen molar-refractivity contribution in [1.82, 2.24) is 9.97 Å². The first-order valence-corrected chi connectivity index (χ1v) is 7.21. The molecule has 0 fully saturated rings. The fourth-order valence-electron chi connectivity index (χ4n) is 1.42. The monoisotopic (exact) mass is 298 g/mol. The summed E-state index contributed by atoms with van der Waals surface area (Å²) in [6.07, 6.45) is 1.36. The molecule has 0 aliphatic rings. The van der Waals surface area contributed by atoms with Gasteiger partial charge in [0.05, 0.1) is 4.90 Å². The van der Waals surface area contributed by atoms with Gasteiger partial charge in [-0.25, -0.2) is 23.5 Å². The van der Waals surface area contributed by atoms with Crippen LogP contribution in [-0.2, 0) is 16.6 Å². The van der Waals surface area contributed by atoms with Crippen LogP contribution in [0.2, 0.25) is 5.15 Å². The lowest BCUT2D eigenvalue weighted by Crippen LogP contribution is -2.12. The van der Waals surface area contributed by atoms with Crippen LogP contribution in [0.25, 0.3) is 0 Å². The second kappa shape index (κ2) is 5.52. The van der Waals surface area contributed by atoms with Crippen LogP contribution >= 0.6 is 11.6 Å². The molecule has 19 heavy (non-hydrogen) atoms. The Morgan fingerprint density at radius 2 is 1.89 bits per heavy atom. The Kier molecular flexibility index (Phi) is 3.98. The fourth-order valence-corrected chi connectivity index (χ4v) is 2.08. The number of halogens is 1. The van der Waals surface area contributed by atoms with Crippen molar-refractivity contribution in [3.8, 4) is 0 Å². The fraction of sp³-hybridized carbons (Fsp3) is 0.0909. The van der Waals surface area contributed by atoms with Crippen molar-refractivity contribution in [1.29, 1.82) is 0 Å². The normalized spacial score (nSPS) is 11.3. The van der Waals surface area contributed by atoms with Gasteiger partial charge in [-0.3, -0.25) is 0 Å². The van der Waals surface area contributed by atoms with Gasteiger partial charge in [0.25, 0.3) is 0 Å². The van der Waals surface area contributed by atoms with E-state index in [0.717, 1.165) is 5.56 Å². The summed E-state index contributed by atoms with van der Waals surface area (Å²) in [5.41, 5.74) is 0.891. The predicted octanol–water partition coefficient (Wildman–Crippen LogP) is 1.39. The molecule has 0 aliphatic carbocycles. The summed E-state index contributed by atoms with van der Waals surface area (Å²) in [4.78, 5) is 7.84. The Morgan fingerprint density at radius 1 is 1.21 bits per heavy atom. The number of aromatic nitrogens is 2. The molecule has 3 N–H and O–H groups in total. The van der Waals surface area contributed by atoms with E-state index >= 15 is 0 Å². The third-order valence-electron chi connectivity index (χ3n) is 2.36. The van der Waals surface area contributed by atoms with Crippen LogP contribution in [0.3, 0.4) is 0 Å². The van der Waals surface area contributed by atoms with E-state index in [1.54, 1.807) is 18.2 Å². The quantitative estimate of drug-likeness (QED) is 0.831. The lowest BCUT2D eigenvalue weighted by atomic mass is 10.2. The number of nitrogens with two attached hydrogens (primary N) is 1. The zero-order valence-corrected chi connectivity index (χ0v) is 11.3. The largest absolute Gasteiger partial charge is 0.366 e. The summed E-state index contributed by atoms with van der Waals surface area (Å²) in [5, 5.41) is 8.41. The van der Waals surface area contributed by atoms with E-state index in [4.69, 9.17) is 16.7 Å². The number of hydrogen-bond donors (Lipinski definition) is 2. The SMILES string of the molecule is NS(=O)(=O)c1ccc(CNc2cc(Cl)ncn2)cc1. The first-order chi connectivity index (χ1) is 8.95. The smallest absolute Gasteiger partial charge is 0.238 e. The number of nitrogens with one attached hydrogen (secondary N) is 1. The molecule has 0 amide bonds. The van der Waals surface area contributed by atoms with Crippen molar-refractivity contribution < 1.29 is 8.42 Å². The van der Waals surface area contributed by atoms with E-state index in [1.807, 2.05) is 0 Å². The molecule has 0 aliphatic heterocycles. The molecular weight excluding hydrogens is 288 g/mol. The Morgan fingerprint density at radius 3 is 2.47 bits per heavy atom. The molecule has 2 rings (SSSR count). The van der Waals surface area contributed by atoms with Crippen molar-refractivity contribution in [2.75, 3.05) is 5.32 Å². The first-order valence-electron chi connectivity index (χ1n) is 5.28. The van der Waals surface area contributed by atoms with E-state index in [0.29, 0.717) is 17.5 Å². The Bertz CT molecular complexity index is 673. The first kappa shape index (κ1) is 13.7. The maximum absolute atomic E-state index is 11.1. The zero-order valence-electron chi connectivity index (χ0n) is 9.75. The number of rotatable bonds is 4. The zero-order chi connectivity index (χ0) is 13.9. The Labute approximate surface area is 115 Å². The highest BCUT2D eigenvalue weighted by molar-refractivity contribution is 7.89. The highest BCUT2D eigenvalue weighted by Crippen LogP contribution is 2.12. The van der Waals surface area contributed by atoms with E-state index in [2.05, 4.69) is 15.3 Å². The average Bonchev–Trinajstić information content (AvgIpc) is 2.36. The second-order valence-electron chi connectivity index (χ2n) is 3.77.